The number of nitrogens with zero attached hydrogens (tertiary/aromatic N) is 4. The fraction of sp³-hybridized carbons (Fsp3) is 0.535. The third-order valence-corrected chi connectivity index (χ3v) is 10.5. The largest absolute Gasteiger partial charge is 0.445 e. The van der Waals surface area contributed by atoms with Crippen molar-refractivity contribution < 1.29 is 43.1 Å². The molecule has 0 bridgehead atoms. The summed E-state index contributed by atoms with van der Waals surface area (Å²) in [6, 6.07) is 28.3. The van der Waals surface area contributed by atoms with Crippen LogP contribution in [0.1, 0.15) is 70.1 Å². The highest BCUT2D eigenvalue weighted by Crippen LogP contribution is 2.37. The van der Waals surface area contributed by atoms with Gasteiger partial charge in [0.05, 0.1) is 31.0 Å². The molecule has 1 N–H and O–H groups in total. The van der Waals surface area contributed by atoms with Crippen LogP contribution in [0, 0.1) is 11.8 Å². The summed E-state index contributed by atoms with van der Waals surface area (Å²) in [6.07, 6.45) is -3.35. The van der Waals surface area contributed by atoms with Crippen LogP contribution in [0.2, 0.25) is 0 Å². The molecular formula is C43H56N4O9. The normalized spacial score (nSPS) is 27.5. The molecule has 0 aromatic heterocycles. The van der Waals surface area contributed by atoms with Gasteiger partial charge in [0.25, 0.3) is 0 Å². The number of carbonyl (C=O) groups excluding carboxylic acids is 2. The molecule has 0 radical (unpaired) electrons. The third-order valence-electron chi connectivity index (χ3n) is 10.5. The zero-order valence-corrected chi connectivity index (χ0v) is 32.8. The van der Waals surface area contributed by atoms with Crippen molar-refractivity contribution in [1.82, 2.24) is 4.90 Å². The molecular weight excluding hydrogens is 716 g/mol. The molecule has 3 aromatic carbocycles. The highest BCUT2D eigenvalue weighted by atomic mass is 16.7. The van der Waals surface area contributed by atoms with Gasteiger partial charge in [0, 0.05) is 30.5 Å². The maximum Gasteiger partial charge on any atom is 0.410 e. The standard InChI is InChI=1S/C43H56N4O9/c1-5-35-38(55-41-30(3)39(37(49)40(56-41)31(4)48)52-27-33-20-12-7-13-21-33)29(2)36(45-46-44)42(54-35)51-25-17-9-16-24-47(26-32-18-10-6-11-19-32)43(50)53-28-34-22-14-8-15-23-34/h6-8,10-15,18-23,29-30,35-42,49H,5,9,16-17,24-28H2,1-4H3/t29-,30+,35?,36?,37+,38+,39?,40?,41-,42+/m1/s1. The number of hydrogen-bond donors (Lipinski definition) is 1. The summed E-state index contributed by atoms with van der Waals surface area (Å²) in [7, 11) is 0. The Labute approximate surface area is 329 Å². The van der Waals surface area contributed by atoms with E-state index < -0.39 is 55.1 Å². The summed E-state index contributed by atoms with van der Waals surface area (Å²) in [6.45, 7) is 8.90. The fourth-order valence-electron chi connectivity index (χ4n) is 7.29. The summed E-state index contributed by atoms with van der Waals surface area (Å²) < 4.78 is 37.2. The van der Waals surface area contributed by atoms with Gasteiger partial charge in [-0.15, -0.1) is 0 Å². The maximum absolute atomic E-state index is 13.1. The Bertz CT molecular complexity index is 1680. The lowest BCUT2D eigenvalue weighted by Gasteiger charge is -2.48. The van der Waals surface area contributed by atoms with Crippen LogP contribution in [0.15, 0.2) is 96.1 Å². The second kappa shape index (κ2) is 21.8. The van der Waals surface area contributed by atoms with Crippen LogP contribution < -0.4 is 0 Å². The van der Waals surface area contributed by atoms with Gasteiger partial charge in [0.15, 0.2) is 18.4 Å². The SMILES string of the molecule is CCC1O[C@H](OCCCCCN(Cc2ccccc2)C(=O)OCc2ccccc2)C(N=[N+]=[N-])[C@@H](C)[C@@H]1O[C@@H]1OC(C(C)=O)[C@@H](O)C(OCc2ccccc2)[C@@H]1C. The fourth-order valence-corrected chi connectivity index (χ4v) is 7.29. The quantitative estimate of drug-likeness (QED) is 0.0556. The average Bonchev–Trinajstić information content (AvgIpc) is 3.21. The molecule has 2 fully saturated rings. The first-order chi connectivity index (χ1) is 27.2. The van der Waals surface area contributed by atoms with Crippen LogP contribution in [-0.4, -0.2) is 84.2 Å². The van der Waals surface area contributed by atoms with E-state index in [0.29, 0.717) is 32.5 Å². The minimum absolute atomic E-state index is 0.202. The molecule has 0 saturated carbocycles. The molecule has 10 atom stereocenters. The third kappa shape index (κ3) is 11.8. The van der Waals surface area contributed by atoms with Gasteiger partial charge in [-0.1, -0.05) is 117 Å². The van der Waals surface area contributed by atoms with Crippen molar-refractivity contribution in [3.63, 3.8) is 0 Å². The molecule has 2 heterocycles. The van der Waals surface area contributed by atoms with Crippen LogP contribution in [0.3, 0.4) is 0 Å². The Kier molecular flexibility index (Phi) is 16.7. The van der Waals surface area contributed by atoms with Gasteiger partial charge >= 0.3 is 6.09 Å². The number of aliphatic hydroxyl groups is 1. The van der Waals surface area contributed by atoms with E-state index in [-0.39, 0.29) is 31.0 Å². The van der Waals surface area contributed by atoms with Gasteiger partial charge in [-0.05, 0) is 60.7 Å². The first kappa shape index (κ1) is 42.8. The Morgan fingerprint density at radius 1 is 0.804 bits per heavy atom. The molecule has 13 heteroatoms. The van der Waals surface area contributed by atoms with E-state index in [2.05, 4.69) is 10.0 Å². The van der Waals surface area contributed by atoms with Crippen LogP contribution in [0.5, 0.6) is 0 Å². The number of ether oxygens (including phenoxy) is 6. The molecule has 2 aliphatic rings. The molecule has 13 nitrogen and oxygen atoms in total. The Balaban J connectivity index is 1.15. The highest BCUT2D eigenvalue weighted by molar-refractivity contribution is 5.81. The topological polar surface area (TPSA) is 162 Å². The summed E-state index contributed by atoms with van der Waals surface area (Å²) >= 11 is 0. The maximum atomic E-state index is 13.1. The summed E-state index contributed by atoms with van der Waals surface area (Å²) in [5.41, 5.74) is 12.4. The highest BCUT2D eigenvalue weighted by Gasteiger charge is 2.50. The van der Waals surface area contributed by atoms with E-state index in [1.54, 1.807) is 4.90 Å². The van der Waals surface area contributed by atoms with E-state index in [1.807, 2.05) is 112 Å². The first-order valence-electron chi connectivity index (χ1n) is 19.7. The van der Waals surface area contributed by atoms with Crippen molar-refractivity contribution >= 4 is 11.9 Å². The molecule has 5 rings (SSSR count). The number of amides is 1. The second-order valence-corrected chi connectivity index (χ2v) is 14.6. The summed E-state index contributed by atoms with van der Waals surface area (Å²) in [4.78, 5) is 30.6. The minimum atomic E-state index is -1.18. The van der Waals surface area contributed by atoms with Gasteiger partial charge in [-0.3, -0.25) is 4.79 Å². The van der Waals surface area contributed by atoms with Crippen molar-refractivity contribution in [2.75, 3.05) is 13.2 Å². The van der Waals surface area contributed by atoms with Crippen molar-refractivity contribution in [2.45, 2.75) is 122 Å². The molecule has 2 aliphatic heterocycles. The Hall–Kier alpha value is -4.33. The first-order valence-corrected chi connectivity index (χ1v) is 19.7. The number of carbonyl (C=O) groups is 2. The number of hydrogen-bond acceptors (Lipinski definition) is 10. The summed E-state index contributed by atoms with van der Waals surface area (Å²) in [5, 5.41) is 15.2. The van der Waals surface area contributed by atoms with E-state index in [4.69, 9.17) is 28.4 Å². The van der Waals surface area contributed by atoms with Crippen LogP contribution in [-0.2, 0) is 53.0 Å². The zero-order chi connectivity index (χ0) is 39.9. The average molecular weight is 773 g/mol. The number of unbranched alkanes of at least 4 members (excludes halogenated alkanes) is 2. The number of azide groups is 1. The molecule has 4 unspecified atom stereocenters. The number of ketones is 1. The van der Waals surface area contributed by atoms with Crippen LogP contribution >= 0.6 is 0 Å². The van der Waals surface area contributed by atoms with Crippen molar-refractivity contribution in [3.05, 3.63) is 118 Å². The monoisotopic (exact) mass is 772 g/mol. The van der Waals surface area contributed by atoms with Gasteiger partial charge in [0.2, 0.25) is 0 Å². The number of benzene rings is 3. The molecule has 2 saturated heterocycles. The van der Waals surface area contributed by atoms with Crippen molar-refractivity contribution in [3.8, 4) is 0 Å². The molecule has 0 aliphatic carbocycles. The van der Waals surface area contributed by atoms with Gasteiger partial charge in [-0.2, -0.15) is 0 Å². The van der Waals surface area contributed by atoms with Crippen molar-refractivity contribution in [2.24, 2.45) is 17.0 Å². The number of aliphatic hydroxyl groups excluding tert-OH is 1. The Morgan fingerprint density at radius 2 is 1.43 bits per heavy atom. The van der Waals surface area contributed by atoms with Crippen LogP contribution in [0.4, 0.5) is 4.79 Å². The molecule has 302 valence electrons. The lowest BCUT2D eigenvalue weighted by molar-refractivity contribution is -0.325. The molecule has 3 aromatic rings. The van der Waals surface area contributed by atoms with Gasteiger partial charge in [0.1, 0.15) is 18.8 Å². The minimum Gasteiger partial charge on any atom is -0.445 e. The van der Waals surface area contributed by atoms with Crippen molar-refractivity contribution in [1.29, 1.82) is 0 Å². The lowest BCUT2D eigenvalue weighted by atomic mass is 9.87. The second-order valence-electron chi connectivity index (χ2n) is 14.6. The predicted molar refractivity (Wildman–Crippen MR) is 209 cm³/mol. The number of rotatable bonds is 19. The lowest BCUT2D eigenvalue weighted by Crippen LogP contribution is -2.60. The smallest absolute Gasteiger partial charge is 0.410 e. The molecule has 0 spiro atoms. The molecule has 56 heavy (non-hydrogen) atoms. The van der Waals surface area contributed by atoms with E-state index in [0.717, 1.165) is 29.5 Å². The van der Waals surface area contributed by atoms with E-state index >= 15 is 0 Å². The van der Waals surface area contributed by atoms with E-state index in [1.165, 1.54) is 6.92 Å². The zero-order valence-electron chi connectivity index (χ0n) is 32.8. The Morgan fingerprint density at radius 3 is 2.04 bits per heavy atom. The van der Waals surface area contributed by atoms with Gasteiger partial charge in [-0.25, -0.2) is 4.79 Å². The van der Waals surface area contributed by atoms with Crippen LogP contribution in [0.25, 0.3) is 10.4 Å². The molecule has 1 amide bonds. The summed E-state index contributed by atoms with van der Waals surface area (Å²) in [5.74, 6) is -1.13. The number of Topliss-reactive ketones (excluding diaryl/α,β-unsaturated/α-hetero) is 1. The predicted octanol–water partition coefficient (Wildman–Crippen LogP) is 7.74. The van der Waals surface area contributed by atoms with E-state index in [9.17, 15) is 20.2 Å². The van der Waals surface area contributed by atoms with Gasteiger partial charge < -0.3 is 38.4 Å².